The summed E-state index contributed by atoms with van der Waals surface area (Å²) in [4.78, 5) is 0. The summed E-state index contributed by atoms with van der Waals surface area (Å²) in [5, 5.41) is 0. The molecule has 5 heteroatoms. The first kappa shape index (κ1) is 13.8. The zero-order chi connectivity index (χ0) is 12.9. The molecule has 96 valence electrons. The minimum atomic E-state index is -4.32. The molecule has 0 fully saturated rings. The van der Waals surface area contributed by atoms with Crippen LogP contribution >= 0.6 is 0 Å². The van der Waals surface area contributed by atoms with E-state index >= 15 is 0 Å². The van der Waals surface area contributed by atoms with Crippen molar-refractivity contribution >= 4 is 0 Å². The quantitative estimate of drug-likeness (QED) is 0.584. The number of alkyl halides is 3. The Kier molecular flexibility index (Phi) is 4.81. The SMILES string of the molecule is CC(C)c1ccccc1OCOCC(F)(F)F. The summed E-state index contributed by atoms with van der Waals surface area (Å²) in [7, 11) is 0. The van der Waals surface area contributed by atoms with Crippen molar-refractivity contribution in [1.82, 2.24) is 0 Å². The minimum Gasteiger partial charge on any atom is -0.467 e. The zero-order valence-electron chi connectivity index (χ0n) is 9.75. The number of para-hydroxylation sites is 1. The molecule has 1 aromatic rings. The van der Waals surface area contributed by atoms with Crippen LogP contribution in [0.15, 0.2) is 24.3 Å². The summed E-state index contributed by atoms with van der Waals surface area (Å²) < 4.78 is 45.0. The summed E-state index contributed by atoms with van der Waals surface area (Å²) in [6.45, 7) is 2.28. The molecule has 1 aromatic carbocycles. The van der Waals surface area contributed by atoms with E-state index in [1.165, 1.54) is 0 Å². The van der Waals surface area contributed by atoms with Gasteiger partial charge in [0.05, 0.1) is 0 Å². The third-order valence-corrected chi connectivity index (χ3v) is 2.10. The normalized spacial score (nSPS) is 11.9. The molecule has 0 saturated heterocycles. The topological polar surface area (TPSA) is 18.5 Å². The Morgan fingerprint density at radius 1 is 1.18 bits per heavy atom. The molecule has 0 bridgehead atoms. The van der Waals surface area contributed by atoms with E-state index in [9.17, 15) is 13.2 Å². The average molecular weight is 248 g/mol. The van der Waals surface area contributed by atoms with Crippen LogP contribution in [0.3, 0.4) is 0 Å². The van der Waals surface area contributed by atoms with Gasteiger partial charge in [-0.1, -0.05) is 32.0 Å². The first-order valence-electron chi connectivity index (χ1n) is 5.26. The highest BCUT2D eigenvalue weighted by Gasteiger charge is 2.27. The number of rotatable bonds is 5. The summed E-state index contributed by atoms with van der Waals surface area (Å²) in [5.74, 6) is 0.804. The van der Waals surface area contributed by atoms with Crippen LogP contribution in [0, 0.1) is 0 Å². The van der Waals surface area contributed by atoms with E-state index in [0.717, 1.165) is 5.56 Å². The fourth-order valence-electron chi connectivity index (χ4n) is 1.35. The van der Waals surface area contributed by atoms with E-state index in [1.807, 2.05) is 26.0 Å². The lowest BCUT2D eigenvalue weighted by molar-refractivity contribution is -0.186. The standard InChI is InChI=1S/C12H15F3O2/c1-9(2)10-5-3-4-6-11(10)17-8-16-7-12(13,14)15/h3-6,9H,7-8H2,1-2H3. The van der Waals surface area contributed by atoms with Gasteiger partial charge in [0, 0.05) is 0 Å². The van der Waals surface area contributed by atoms with Crippen molar-refractivity contribution in [2.24, 2.45) is 0 Å². The molecule has 0 heterocycles. The molecule has 1 rings (SSSR count). The maximum Gasteiger partial charge on any atom is 0.411 e. The highest BCUT2D eigenvalue weighted by Crippen LogP contribution is 2.25. The fraction of sp³-hybridized carbons (Fsp3) is 0.500. The van der Waals surface area contributed by atoms with Crippen LogP contribution in [0.4, 0.5) is 13.2 Å². The Morgan fingerprint density at radius 3 is 2.41 bits per heavy atom. The summed E-state index contributed by atoms with van der Waals surface area (Å²) in [6, 6.07) is 7.22. The van der Waals surface area contributed by atoms with Gasteiger partial charge in [-0.3, -0.25) is 0 Å². The van der Waals surface area contributed by atoms with Gasteiger partial charge < -0.3 is 9.47 Å². The van der Waals surface area contributed by atoms with Gasteiger partial charge in [-0.05, 0) is 17.5 Å². The number of ether oxygens (including phenoxy) is 2. The van der Waals surface area contributed by atoms with E-state index in [-0.39, 0.29) is 5.92 Å². The molecule has 0 aliphatic carbocycles. The molecule has 0 N–H and O–H groups in total. The lowest BCUT2D eigenvalue weighted by Gasteiger charge is -2.14. The maximum atomic E-state index is 11.8. The van der Waals surface area contributed by atoms with Crippen LogP contribution < -0.4 is 4.74 Å². The predicted octanol–water partition coefficient (Wildman–Crippen LogP) is 3.73. The highest BCUT2D eigenvalue weighted by atomic mass is 19.4. The third-order valence-electron chi connectivity index (χ3n) is 2.10. The second-order valence-electron chi connectivity index (χ2n) is 3.92. The van der Waals surface area contributed by atoms with Crippen molar-refractivity contribution in [3.63, 3.8) is 0 Å². The molecule has 0 unspecified atom stereocenters. The van der Waals surface area contributed by atoms with Crippen LogP contribution in [-0.4, -0.2) is 19.6 Å². The Morgan fingerprint density at radius 2 is 1.82 bits per heavy atom. The van der Waals surface area contributed by atoms with Crippen LogP contribution in [0.25, 0.3) is 0 Å². The Labute approximate surface area is 98.3 Å². The Bertz CT molecular complexity index is 348. The van der Waals surface area contributed by atoms with Crippen LogP contribution in [0.2, 0.25) is 0 Å². The van der Waals surface area contributed by atoms with Gasteiger partial charge in [0.2, 0.25) is 0 Å². The van der Waals surface area contributed by atoms with Gasteiger partial charge in [-0.25, -0.2) is 0 Å². The number of benzene rings is 1. The van der Waals surface area contributed by atoms with E-state index in [4.69, 9.17) is 4.74 Å². The Balaban J connectivity index is 2.47. The molecule has 0 radical (unpaired) electrons. The van der Waals surface area contributed by atoms with Crippen LogP contribution in [0.5, 0.6) is 5.75 Å². The van der Waals surface area contributed by atoms with Crippen molar-refractivity contribution in [2.75, 3.05) is 13.4 Å². The smallest absolute Gasteiger partial charge is 0.411 e. The third kappa shape index (κ3) is 5.08. The van der Waals surface area contributed by atoms with E-state index in [2.05, 4.69) is 4.74 Å². The van der Waals surface area contributed by atoms with E-state index in [0.29, 0.717) is 5.75 Å². The van der Waals surface area contributed by atoms with E-state index in [1.54, 1.807) is 12.1 Å². The number of hydrogen-bond acceptors (Lipinski definition) is 2. The largest absolute Gasteiger partial charge is 0.467 e. The van der Waals surface area contributed by atoms with Crippen molar-refractivity contribution in [3.8, 4) is 5.75 Å². The monoisotopic (exact) mass is 248 g/mol. The van der Waals surface area contributed by atoms with E-state index < -0.39 is 19.6 Å². The van der Waals surface area contributed by atoms with Gasteiger partial charge in [0.25, 0.3) is 0 Å². The van der Waals surface area contributed by atoms with Crippen molar-refractivity contribution < 1.29 is 22.6 Å². The van der Waals surface area contributed by atoms with Gasteiger partial charge in [-0.2, -0.15) is 13.2 Å². The lowest BCUT2D eigenvalue weighted by Crippen LogP contribution is -2.19. The second kappa shape index (κ2) is 5.91. The van der Waals surface area contributed by atoms with Crippen LogP contribution in [0.1, 0.15) is 25.3 Å². The molecular weight excluding hydrogens is 233 g/mol. The summed E-state index contributed by atoms with van der Waals surface area (Å²) in [5.41, 5.74) is 0.947. The molecular formula is C12H15F3O2. The van der Waals surface area contributed by atoms with Gasteiger partial charge in [0.1, 0.15) is 12.4 Å². The molecule has 2 nitrogen and oxygen atoms in total. The van der Waals surface area contributed by atoms with Gasteiger partial charge >= 0.3 is 6.18 Å². The molecule has 0 aliphatic rings. The highest BCUT2D eigenvalue weighted by molar-refractivity contribution is 5.35. The van der Waals surface area contributed by atoms with Crippen molar-refractivity contribution in [1.29, 1.82) is 0 Å². The summed E-state index contributed by atoms with van der Waals surface area (Å²) >= 11 is 0. The predicted molar refractivity (Wildman–Crippen MR) is 58.0 cm³/mol. The average Bonchev–Trinajstić information content (AvgIpc) is 2.23. The number of halogens is 3. The molecule has 0 amide bonds. The molecule has 0 saturated carbocycles. The molecule has 17 heavy (non-hydrogen) atoms. The maximum absolute atomic E-state index is 11.8. The molecule has 0 aliphatic heterocycles. The minimum absolute atomic E-state index is 0.244. The van der Waals surface area contributed by atoms with Gasteiger partial charge in [0.15, 0.2) is 6.79 Å². The van der Waals surface area contributed by atoms with Gasteiger partial charge in [-0.15, -0.1) is 0 Å². The zero-order valence-corrected chi connectivity index (χ0v) is 9.75. The first-order valence-corrected chi connectivity index (χ1v) is 5.26. The first-order chi connectivity index (χ1) is 7.90. The van der Waals surface area contributed by atoms with Crippen molar-refractivity contribution in [3.05, 3.63) is 29.8 Å². The second-order valence-corrected chi connectivity index (χ2v) is 3.92. The molecule has 0 aromatic heterocycles. The summed E-state index contributed by atoms with van der Waals surface area (Å²) in [6.07, 6.45) is -4.32. The molecule has 0 spiro atoms. The van der Waals surface area contributed by atoms with Crippen LogP contribution in [-0.2, 0) is 4.74 Å². The molecule has 0 atom stereocenters. The lowest BCUT2D eigenvalue weighted by atomic mass is 10.0. The fourth-order valence-corrected chi connectivity index (χ4v) is 1.35. The Hall–Kier alpha value is -1.23. The number of hydrogen-bond donors (Lipinski definition) is 0. The van der Waals surface area contributed by atoms with Crippen molar-refractivity contribution in [2.45, 2.75) is 25.9 Å².